The minimum absolute atomic E-state index is 0.202. The molecule has 0 amide bonds. The molecule has 1 aliphatic rings. The molecule has 6 nitrogen and oxygen atoms in total. The maximum absolute atomic E-state index is 6.28. The van der Waals surface area contributed by atoms with Gasteiger partial charge in [-0.3, -0.25) is 4.57 Å². The fourth-order valence-corrected chi connectivity index (χ4v) is 3.13. The van der Waals surface area contributed by atoms with Gasteiger partial charge in [-0.25, -0.2) is 9.97 Å². The van der Waals surface area contributed by atoms with Gasteiger partial charge in [-0.2, -0.15) is 4.98 Å². The Morgan fingerprint density at radius 1 is 1.04 bits per heavy atom. The first-order valence-electron chi connectivity index (χ1n) is 8.02. The zero-order chi connectivity index (χ0) is 15.6. The van der Waals surface area contributed by atoms with E-state index in [9.17, 15) is 0 Å². The van der Waals surface area contributed by atoms with Crippen molar-refractivity contribution in [1.29, 1.82) is 0 Å². The van der Waals surface area contributed by atoms with E-state index in [1.54, 1.807) is 6.33 Å². The van der Waals surface area contributed by atoms with Crippen molar-refractivity contribution in [3.63, 3.8) is 0 Å². The molecule has 0 radical (unpaired) electrons. The van der Waals surface area contributed by atoms with E-state index in [1.807, 2.05) is 28.8 Å². The van der Waals surface area contributed by atoms with Crippen LogP contribution in [0, 0.1) is 0 Å². The van der Waals surface area contributed by atoms with E-state index < -0.39 is 0 Å². The van der Waals surface area contributed by atoms with E-state index in [1.165, 1.54) is 25.6 Å². The Labute approximate surface area is 134 Å². The summed E-state index contributed by atoms with van der Waals surface area (Å²) in [6.07, 6.45) is 9.24. The van der Waals surface area contributed by atoms with Crippen LogP contribution in [-0.4, -0.2) is 25.6 Å². The van der Waals surface area contributed by atoms with Crippen LogP contribution in [0.4, 0.5) is 5.69 Å². The molecule has 4 rings (SSSR count). The van der Waals surface area contributed by atoms with Crippen LogP contribution in [0.2, 0.25) is 0 Å². The van der Waals surface area contributed by atoms with Gasteiger partial charge in [0.15, 0.2) is 5.82 Å². The van der Waals surface area contributed by atoms with Crippen LogP contribution in [0.15, 0.2) is 36.9 Å². The lowest BCUT2D eigenvalue weighted by atomic mass is 9.98. The molecule has 1 fully saturated rings. The third-order valence-electron chi connectivity index (χ3n) is 4.34. The monoisotopic (exact) mass is 309 g/mol. The minimum Gasteiger partial charge on any atom is -0.473 e. The maximum Gasteiger partial charge on any atom is 0.242 e. The number of ether oxygens (including phenoxy) is 1. The summed E-state index contributed by atoms with van der Waals surface area (Å²) in [5.74, 6) is 1.08. The number of rotatable bonds is 3. The largest absolute Gasteiger partial charge is 0.473 e. The first-order valence-corrected chi connectivity index (χ1v) is 8.02. The van der Waals surface area contributed by atoms with Crippen LogP contribution >= 0.6 is 0 Å². The Morgan fingerprint density at radius 3 is 2.74 bits per heavy atom. The highest BCUT2D eigenvalue weighted by Crippen LogP contribution is 2.29. The van der Waals surface area contributed by atoms with E-state index in [-0.39, 0.29) is 6.10 Å². The van der Waals surface area contributed by atoms with E-state index in [4.69, 9.17) is 10.5 Å². The number of hydrogen-bond donors (Lipinski definition) is 1. The summed E-state index contributed by atoms with van der Waals surface area (Å²) in [5, 5.41) is 0. The second-order valence-electron chi connectivity index (χ2n) is 5.90. The number of nitrogens with zero attached hydrogens (tertiary/aromatic N) is 4. The number of anilines is 1. The summed E-state index contributed by atoms with van der Waals surface area (Å²) in [4.78, 5) is 13.0. The smallest absolute Gasteiger partial charge is 0.242 e. The first-order chi connectivity index (χ1) is 11.3. The Hall–Kier alpha value is -2.63. The number of hydrogen-bond acceptors (Lipinski definition) is 5. The third kappa shape index (κ3) is 2.60. The molecular formula is C17H19N5O. The molecular weight excluding hydrogens is 290 g/mol. The second-order valence-corrected chi connectivity index (χ2v) is 5.90. The number of imidazole rings is 1. The molecule has 118 valence electrons. The molecule has 0 bridgehead atoms. The Bertz CT molecular complexity index is 823. The molecule has 0 spiro atoms. The predicted molar refractivity (Wildman–Crippen MR) is 88.6 cm³/mol. The van der Waals surface area contributed by atoms with Crippen molar-refractivity contribution in [2.24, 2.45) is 0 Å². The molecule has 2 aromatic heterocycles. The molecule has 0 unspecified atom stereocenters. The lowest BCUT2D eigenvalue weighted by Gasteiger charge is -2.23. The highest BCUT2D eigenvalue weighted by Gasteiger charge is 2.19. The predicted octanol–water partition coefficient (Wildman–Crippen LogP) is 3.11. The number of aromatic nitrogens is 4. The average molecular weight is 309 g/mol. The van der Waals surface area contributed by atoms with E-state index in [0.29, 0.717) is 17.4 Å². The third-order valence-corrected chi connectivity index (χ3v) is 4.34. The molecule has 0 saturated heterocycles. The van der Waals surface area contributed by atoms with E-state index in [0.717, 1.165) is 23.9 Å². The molecule has 3 aromatic rings. The van der Waals surface area contributed by atoms with Gasteiger partial charge in [0, 0.05) is 0 Å². The zero-order valence-corrected chi connectivity index (χ0v) is 12.9. The molecule has 0 atom stereocenters. The van der Waals surface area contributed by atoms with Gasteiger partial charge in [-0.15, -0.1) is 0 Å². The minimum atomic E-state index is 0.202. The number of fused-ring (bicyclic) bond motifs is 1. The summed E-state index contributed by atoms with van der Waals surface area (Å²) >= 11 is 0. The number of nitrogens with two attached hydrogens (primary N) is 1. The highest BCUT2D eigenvalue weighted by molar-refractivity contribution is 5.78. The lowest BCUT2D eigenvalue weighted by Crippen LogP contribution is -2.21. The fourth-order valence-electron chi connectivity index (χ4n) is 3.13. The van der Waals surface area contributed by atoms with Crippen molar-refractivity contribution < 1.29 is 4.74 Å². The van der Waals surface area contributed by atoms with Gasteiger partial charge in [-0.1, -0.05) is 18.6 Å². The van der Waals surface area contributed by atoms with Crippen molar-refractivity contribution in [2.45, 2.75) is 38.2 Å². The van der Waals surface area contributed by atoms with Gasteiger partial charge in [-0.05, 0) is 37.8 Å². The SMILES string of the molecule is Nc1c(OC2CCCCC2)ncnc1-n1cnc2ccccc21. The van der Waals surface area contributed by atoms with Crippen molar-refractivity contribution in [3.8, 4) is 11.7 Å². The number of nitrogen functional groups attached to an aromatic ring is 1. The van der Waals surface area contributed by atoms with Crippen molar-refractivity contribution in [3.05, 3.63) is 36.9 Å². The summed E-state index contributed by atoms with van der Waals surface area (Å²) in [5.41, 5.74) is 8.61. The van der Waals surface area contributed by atoms with Gasteiger partial charge in [0.25, 0.3) is 0 Å². The van der Waals surface area contributed by atoms with Crippen molar-refractivity contribution in [2.75, 3.05) is 5.73 Å². The fraction of sp³-hybridized carbons (Fsp3) is 0.353. The normalized spacial score (nSPS) is 15.8. The molecule has 2 heterocycles. The van der Waals surface area contributed by atoms with Gasteiger partial charge in [0.05, 0.1) is 11.0 Å². The van der Waals surface area contributed by atoms with Crippen LogP contribution in [0.25, 0.3) is 16.9 Å². The summed E-state index contributed by atoms with van der Waals surface area (Å²) in [7, 11) is 0. The average Bonchev–Trinajstić information content (AvgIpc) is 3.02. The maximum atomic E-state index is 6.28. The van der Waals surface area contributed by atoms with Gasteiger partial charge < -0.3 is 10.5 Å². The highest BCUT2D eigenvalue weighted by atomic mass is 16.5. The van der Waals surface area contributed by atoms with Crippen LogP contribution in [0.5, 0.6) is 5.88 Å². The molecule has 1 aromatic carbocycles. The molecule has 2 N–H and O–H groups in total. The molecule has 0 aliphatic heterocycles. The van der Waals surface area contributed by atoms with Crippen LogP contribution in [0.1, 0.15) is 32.1 Å². The van der Waals surface area contributed by atoms with Crippen LogP contribution in [0.3, 0.4) is 0 Å². The van der Waals surface area contributed by atoms with Crippen LogP contribution in [-0.2, 0) is 0 Å². The zero-order valence-electron chi connectivity index (χ0n) is 12.9. The van der Waals surface area contributed by atoms with E-state index >= 15 is 0 Å². The van der Waals surface area contributed by atoms with Gasteiger partial charge in [0.2, 0.25) is 5.88 Å². The van der Waals surface area contributed by atoms with Gasteiger partial charge in [0.1, 0.15) is 24.4 Å². The van der Waals surface area contributed by atoms with Crippen molar-refractivity contribution in [1.82, 2.24) is 19.5 Å². The molecule has 23 heavy (non-hydrogen) atoms. The summed E-state index contributed by atoms with van der Waals surface area (Å²) in [6, 6.07) is 7.88. The first kappa shape index (κ1) is 14.0. The topological polar surface area (TPSA) is 78.9 Å². The van der Waals surface area contributed by atoms with Crippen LogP contribution < -0.4 is 10.5 Å². The molecule has 1 saturated carbocycles. The van der Waals surface area contributed by atoms with Crippen molar-refractivity contribution >= 4 is 16.7 Å². The number of benzene rings is 1. The van der Waals surface area contributed by atoms with E-state index in [2.05, 4.69) is 15.0 Å². The summed E-state index contributed by atoms with van der Waals surface area (Å²) < 4.78 is 7.90. The quantitative estimate of drug-likeness (QED) is 0.804. The summed E-state index contributed by atoms with van der Waals surface area (Å²) in [6.45, 7) is 0. The lowest BCUT2D eigenvalue weighted by molar-refractivity contribution is 0.149. The standard InChI is InChI=1S/C17H19N5O/c18-15-16(22-11-21-13-8-4-5-9-14(13)22)19-10-20-17(15)23-12-6-2-1-3-7-12/h4-5,8-12H,1-3,6-7,18H2. The molecule has 6 heteroatoms. The second kappa shape index (κ2) is 5.87. The number of para-hydroxylation sites is 2. The molecule has 1 aliphatic carbocycles. The Morgan fingerprint density at radius 2 is 1.87 bits per heavy atom. The Kier molecular flexibility index (Phi) is 3.57. The van der Waals surface area contributed by atoms with Gasteiger partial charge >= 0.3 is 0 Å². The Balaban J connectivity index is 1.70.